The molecule has 1 fully saturated rings. The fourth-order valence-electron chi connectivity index (χ4n) is 3.98. The topological polar surface area (TPSA) is 66.2 Å². The zero-order valence-electron chi connectivity index (χ0n) is 17.7. The molecule has 1 aliphatic rings. The molecule has 0 aliphatic carbocycles. The van der Waals surface area contributed by atoms with E-state index in [0.29, 0.717) is 5.95 Å². The molecule has 3 heterocycles. The summed E-state index contributed by atoms with van der Waals surface area (Å²) in [6.07, 6.45) is 6.45. The number of halogens is 1. The summed E-state index contributed by atoms with van der Waals surface area (Å²) in [6.45, 7) is 8.62. The lowest BCUT2D eigenvalue weighted by atomic mass is 10.1. The number of hydrogen-bond acceptors (Lipinski definition) is 5. The Labute approximate surface area is 176 Å². The third-order valence-corrected chi connectivity index (χ3v) is 5.53. The molecule has 0 radical (unpaired) electrons. The molecule has 0 bridgehead atoms. The second-order valence-electron chi connectivity index (χ2n) is 8.25. The van der Waals surface area contributed by atoms with Gasteiger partial charge in [0.25, 0.3) is 0 Å². The van der Waals surface area contributed by atoms with Crippen molar-refractivity contribution >= 4 is 11.6 Å². The van der Waals surface area contributed by atoms with Crippen molar-refractivity contribution in [2.45, 2.75) is 46.3 Å². The third kappa shape index (κ3) is 4.68. The monoisotopic (exact) mass is 409 g/mol. The minimum absolute atomic E-state index is 0.190. The van der Waals surface area contributed by atoms with Gasteiger partial charge in [0, 0.05) is 37.7 Å². The number of benzene rings is 1. The van der Waals surface area contributed by atoms with Crippen molar-refractivity contribution in [3.05, 3.63) is 64.9 Å². The van der Waals surface area contributed by atoms with Gasteiger partial charge in [-0.05, 0) is 68.0 Å². The van der Waals surface area contributed by atoms with Crippen LogP contribution in [-0.2, 0) is 6.54 Å². The predicted octanol–water partition coefficient (Wildman–Crippen LogP) is 4.03. The first kappa shape index (κ1) is 20.5. The molecule has 0 saturated carbocycles. The van der Waals surface area contributed by atoms with Gasteiger partial charge in [0.05, 0.1) is 12.3 Å². The van der Waals surface area contributed by atoms with Crippen molar-refractivity contribution in [2.75, 3.05) is 18.4 Å². The van der Waals surface area contributed by atoms with Gasteiger partial charge < -0.3 is 15.0 Å². The molecule has 2 aromatic heterocycles. The Morgan fingerprint density at radius 3 is 2.50 bits per heavy atom. The molecular weight excluding hydrogens is 381 g/mol. The molecule has 6 nitrogen and oxygen atoms in total. The Morgan fingerprint density at radius 2 is 1.80 bits per heavy atom. The number of aliphatic hydroxyl groups excluding tert-OH is 1. The van der Waals surface area contributed by atoms with Gasteiger partial charge in [-0.1, -0.05) is 6.07 Å². The van der Waals surface area contributed by atoms with E-state index in [9.17, 15) is 9.50 Å². The Morgan fingerprint density at radius 1 is 1.10 bits per heavy atom. The highest BCUT2D eigenvalue weighted by Gasteiger charge is 2.19. The van der Waals surface area contributed by atoms with E-state index >= 15 is 0 Å². The van der Waals surface area contributed by atoms with E-state index in [0.717, 1.165) is 60.4 Å². The van der Waals surface area contributed by atoms with E-state index in [4.69, 9.17) is 0 Å². The van der Waals surface area contributed by atoms with Gasteiger partial charge in [0.15, 0.2) is 11.6 Å². The number of hydrogen-bond donors (Lipinski definition) is 2. The second-order valence-corrected chi connectivity index (χ2v) is 8.25. The summed E-state index contributed by atoms with van der Waals surface area (Å²) in [6, 6.07) is 6.11. The van der Waals surface area contributed by atoms with Gasteiger partial charge in [-0.15, -0.1) is 0 Å². The van der Waals surface area contributed by atoms with Gasteiger partial charge in [-0.25, -0.2) is 9.37 Å². The van der Waals surface area contributed by atoms with Crippen molar-refractivity contribution in [2.24, 2.45) is 0 Å². The molecular formula is C23H28FN5O. The van der Waals surface area contributed by atoms with Crippen molar-refractivity contribution in [1.29, 1.82) is 0 Å². The van der Waals surface area contributed by atoms with Crippen molar-refractivity contribution in [3.63, 3.8) is 0 Å². The molecule has 1 saturated heterocycles. The number of piperidine rings is 1. The van der Waals surface area contributed by atoms with Crippen LogP contribution in [0.1, 0.15) is 35.1 Å². The lowest BCUT2D eigenvalue weighted by Crippen LogP contribution is -2.35. The standard InChI is InChI=1S/C23H28FN5O/c1-15-8-16(2)10-19(9-15)26-23-25-11-21(24)22(27-23)29-12-17(3)18(14-29)13-28-6-4-20(30)5-7-28/h8-12,14,20,30H,4-7,13H2,1-3H3,(H,25,26,27). The number of anilines is 2. The maximum absolute atomic E-state index is 14.6. The van der Waals surface area contributed by atoms with Crippen LogP contribution in [0.25, 0.3) is 5.82 Å². The van der Waals surface area contributed by atoms with Crippen LogP contribution in [0, 0.1) is 26.6 Å². The van der Waals surface area contributed by atoms with Gasteiger partial charge >= 0.3 is 0 Å². The highest BCUT2D eigenvalue weighted by Crippen LogP contribution is 2.22. The van der Waals surface area contributed by atoms with Gasteiger partial charge in [-0.3, -0.25) is 4.90 Å². The summed E-state index contributed by atoms with van der Waals surface area (Å²) >= 11 is 0. The third-order valence-electron chi connectivity index (χ3n) is 5.53. The van der Waals surface area contributed by atoms with Crippen LogP contribution in [-0.4, -0.2) is 43.7 Å². The largest absolute Gasteiger partial charge is 0.393 e. The van der Waals surface area contributed by atoms with E-state index < -0.39 is 5.82 Å². The van der Waals surface area contributed by atoms with Crippen molar-refractivity contribution < 1.29 is 9.50 Å². The molecule has 0 amide bonds. The number of aliphatic hydroxyl groups is 1. The lowest BCUT2D eigenvalue weighted by molar-refractivity contribution is 0.0792. The fraction of sp³-hybridized carbons (Fsp3) is 0.391. The molecule has 0 spiro atoms. The molecule has 158 valence electrons. The zero-order chi connectivity index (χ0) is 21.3. The van der Waals surface area contributed by atoms with Gasteiger partial charge in [0.2, 0.25) is 5.95 Å². The highest BCUT2D eigenvalue weighted by atomic mass is 19.1. The maximum Gasteiger partial charge on any atom is 0.229 e. The Bertz CT molecular complexity index is 1020. The number of aromatic nitrogens is 3. The minimum atomic E-state index is -0.469. The van der Waals surface area contributed by atoms with Crippen LogP contribution in [0.3, 0.4) is 0 Å². The molecule has 0 unspecified atom stereocenters. The van der Waals surface area contributed by atoms with E-state index in [1.807, 2.05) is 45.3 Å². The number of aryl methyl sites for hydroxylation is 3. The Kier molecular flexibility index (Phi) is 5.83. The summed E-state index contributed by atoms with van der Waals surface area (Å²) in [5.74, 6) is 0.109. The first-order valence-corrected chi connectivity index (χ1v) is 10.3. The molecule has 2 N–H and O–H groups in total. The first-order chi connectivity index (χ1) is 14.4. The van der Waals surface area contributed by atoms with Crippen LogP contribution >= 0.6 is 0 Å². The summed E-state index contributed by atoms with van der Waals surface area (Å²) < 4.78 is 16.3. The average Bonchev–Trinajstić information content (AvgIpc) is 3.04. The quantitative estimate of drug-likeness (QED) is 0.666. The number of nitrogens with zero attached hydrogens (tertiary/aromatic N) is 4. The first-order valence-electron chi connectivity index (χ1n) is 10.3. The number of rotatable bonds is 5. The summed E-state index contributed by atoms with van der Waals surface area (Å²) in [5.41, 5.74) is 5.37. The summed E-state index contributed by atoms with van der Waals surface area (Å²) in [4.78, 5) is 10.9. The Balaban J connectivity index is 1.55. The zero-order valence-corrected chi connectivity index (χ0v) is 17.7. The summed E-state index contributed by atoms with van der Waals surface area (Å²) in [5, 5.41) is 12.9. The van der Waals surface area contributed by atoms with Crippen LogP contribution < -0.4 is 5.32 Å². The summed E-state index contributed by atoms with van der Waals surface area (Å²) in [7, 11) is 0. The normalized spacial score (nSPS) is 15.5. The molecule has 4 rings (SSSR count). The van der Waals surface area contributed by atoms with Crippen molar-refractivity contribution in [1.82, 2.24) is 19.4 Å². The fourth-order valence-corrected chi connectivity index (χ4v) is 3.98. The molecule has 0 atom stereocenters. The highest BCUT2D eigenvalue weighted by molar-refractivity contribution is 5.56. The smallest absolute Gasteiger partial charge is 0.229 e. The van der Waals surface area contributed by atoms with E-state index in [2.05, 4.69) is 26.3 Å². The predicted molar refractivity (Wildman–Crippen MR) is 116 cm³/mol. The van der Waals surface area contributed by atoms with Crippen molar-refractivity contribution in [3.8, 4) is 5.82 Å². The van der Waals surface area contributed by atoms with Crippen LogP contribution in [0.4, 0.5) is 16.0 Å². The number of nitrogens with one attached hydrogen (secondary N) is 1. The second kappa shape index (κ2) is 8.53. The molecule has 1 aliphatic heterocycles. The average molecular weight is 410 g/mol. The van der Waals surface area contributed by atoms with Crippen LogP contribution in [0.2, 0.25) is 0 Å². The Hall–Kier alpha value is -2.77. The molecule has 7 heteroatoms. The maximum atomic E-state index is 14.6. The van der Waals surface area contributed by atoms with Crippen LogP contribution in [0.5, 0.6) is 0 Å². The van der Waals surface area contributed by atoms with E-state index in [-0.39, 0.29) is 11.9 Å². The number of likely N-dealkylation sites (tertiary alicyclic amines) is 1. The molecule has 1 aromatic carbocycles. The van der Waals surface area contributed by atoms with E-state index in [1.165, 1.54) is 6.20 Å². The lowest BCUT2D eigenvalue weighted by Gasteiger charge is -2.29. The SMILES string of the molecule is Cc1cc(C)cc(Nc2ncc(F)c(-n3cc(C)c(CN4CCC(O)CC4)c3)n2)c1. The molecule has 3 aromatic rings. The van der Waals surface area contributed by atoms with E-state index in [1.54, 1.807) is 4.57 Å². The van der Waals surface area contributed by atoms with Crippen LogP contribution in [0.15, 0.2) is 36.8 Å². The van der Waals surface area contributed by atoms with Gasteiger partial charge in [-0.2, -0.15) is 4.98 Å². The molecule has 30 heavy (non-hydrogen) atoms. The minimum Gasteiger partial charge on any atom is -0.393 e. The van der Waals surface area contributed by atoms with Gasteiger partial charge in [0.1, 0.15) is 0 Å².